The lowest BCUT2D eigenvalue weighted by molar-refractivity contribution is -0.274. The molecule has 3 rings (SSSR count). The molecular formula is C23H25F6N5O3. The van der Waals surface area contributed by atoms with E-state index < -0.39 is 36.0 Å². The van der Waals surface area contributed by atoms with E-state index in [4.69, 9.17) is 11.5 Å². The van der Waals surface area contributed by atoms with Crippen molar-refractivity contribution in [3.05, 3.63) is 42.0 Å². The van der Waals surface area contributed by atoms with Crippen LogP contribution in [0.2, 0.25) is 0 Å². The highest BCUT2D eigenvalue weighted by Gasteiger charge is 2.41. The third kappa shape index (κ3) is 7.82. The molecule has 202 valence electrons. The molecule has 2 aromatic rings. The van der Waals surface area contributed by atoms with Crippen LogP contribution in [0, 0.1) is 5.92 Å². The zero-order valence-corrected chi connectivity index (χ0v) is 19.4. The number of hydrogen-bond donors (Lipinski definition) is 4. The van der Waals surface area contributed by atoms with Crippen molar-refractivity contribution in [2.45, 2.75) is 31.8 Å². The molecule has 1 aliphatic heterocycles. The van der Waals surface area contributed by atoms with Crippen LogP contribution in [0.5, 0.6) is 5.75 Å². The van der Waals surface area contributed by atoms with Gasteiger partial charge in [0.15, 0.2) is 0 Å². The van der Waals surface area contributed by atoms with Gasteiger partial charge in [-0.1, -0.05) is 0 Å². The number of halogens is 6. The fourth-order valence-corrected chi connectivity index (χ4v) is 3.91. The summed E-state index contributed by atoms with van der Waals surface area (Å²) in [7, 11) is 0. The van der Waals surface area contributed by atoms with Crippen LogP contribution < -0.4 is 31.7 Å². The summed E-state index contributed by atoms with van der Waals surface area (Å²) in [5.41, 5.74) is 12.2. The number of primary amides is 1. The number of ether oxygens (including phenoxy) is 1. The van der Waals surface area contributed by atoms with E-state index in [2.05, 4.69) is 15.4 Å². The number of nitrogens with two attached hydrogens (primary N) is 2. The highest BCUT2D eigenvalue weighted by Crippen LogP contribution is 2.38. The second-order valence-electron chi connectivity index (χ2n) is 8.43. The van der Waals surface area contributed by atoms with Crippen LogP contribution in [0.3, 0.4) is 0 Å². The predicted molar refractivity (Wildman–Crippen MR) is 125 cm³/mol. The average Bonchev–Trinajstić information content (AvgIpc) is 2.79. The first-order valence-electron chi connectivity index (χ1n) is 11.2. The number of rotatable bonds is 8. The van der Waals surface area contributed by atoms with Crippen LogP contribution in [0.4, 0.5) is 49.1 Å². The van der Waals surface area contributed by atoms with E-state index >= 15 is 0 Å². The molecule has 1 saturated heterocycles. The number of carbonyl (C=O) groups excluding carboxylic acids is 2. The number of amides is 2. The van der Waals surface area contributed by atoms with Gasteiger partial charge in [-0.2, -0.15) is 13.2 Å². The Balaban J connectivity index is 1.85. The molecule has 8 nitrogen and oxygen atoms in total. The highest BCUT2D eigenvalue weighted by molar-refractivity contribution is 6.09. The molecular weight excluding hydrogens is 508 g/mol. The van der Waals surface area contributed by atoms with E-state index in [-0.39, 0.29) is 55.8 Å². The second kappa shape index (κ2) is 11.0. The quantitative estimate of drug-likeness (QED) is 0.293. The van der Waals surface area contributed by atoms with Crippen LogP contribution in [0.1, 0.15) is 29.6 Å². The Kier molecular flexibility index (Phi) is 8.28. The number of alkyl halides is 6. The van der Waals surface area contributed by atoms with E-state index in [0.717, 1.165) is 12.1 Å². The molecule has 1 heterocycles. The summed E-state index contributed by atoms with van der Waals surface area (Å²) < 4.78 is 80.3. The van der Waals surface area contributed by atoms with Crippen molar-refractivity contribution in [3.8, 4) is 5.75 Å². The summed E-state index contributed by atoms with van der Waals surface area (Å²) >= 11 is 0. The molecule has 6 N–H and O–H groups in total. The van der Waals surface area contributed by atoms with Crippen molar-refractivity contribution in [1.29, 1.82) is 0 Å². The van der Waals surface area contributed by atoms with Crippen molar-refractivity contribution in [1.82, 2.24) is 0 Å². The lowest BCUT2D eigenvalue weighted by Crippen LogP contribution is -2.39. The monoisotopic (exact) mass is 533 g/mol. The van der Waals surface area contributed by atoms with Crippen molar-refractivity contribution in [3.63, 3.8) is 0 Å². The maximum Gasteiger partial charge on any atom is 0.573 e. The molecule has 0 aliphatic carbocycles. The zero-order valence-electron chi connectivity index (χ0n) is 19.4. The summed E-state index contributed by atoms with van der Waals surface area (Å²) in [5.74, 6) is -3.16. The number of carbonyl (C=O) groups is 2. The molecule has 1 fully saturated rings. The molecule has 0 bridgehead atoms. The van der Waals surface area contributed by atoms with Crippen molar-refractivity contribution < 1.29 is 40.7 Å². The first kappa shape index (κ1) is 27.7. The van der Waals surface area contributed by atoms with Gasteiger partial charge in [0.2, 0.25) is 5.91 Å². The SMILES string of the molecule is NC(=O)CCNc1cc(N2CCC(C(F)(F)F)CC2)c(C(=O)Nc2ccc(OC(F)(F)F)cc2)cc1N. The van der Waals surface area contributed by atoms with Gasteiger partial charge >= 0.3 is 12.5 Å². The van der Waals surface area contributed by atoms with Gasteiger partial charge in [-0.25, -0.2) is 0 Å². The molecule has 0 aromatic heterocycles. The topological polar surface area (TPSA) is 123 Å². The van der Waals surface area contributed by atoms with Gasteiger partial charge in [-0.05, 0) is 49.2 Å². The van der Waals surface area contributed by atoms with Crippen LogP contribution in [0.15, 0.2) is 36.4 Å². The number of nitrogens with one attached hydrogen (secondary N) is 2. The Labute approximate surface area is 207 Å². The minimum Gasteiger partial charge on any atom is -0.406 e. The fourth-order valence-electron chi connectivity index (χ4n) is 3.91. The number of anilines is 4. The van der Waals surface area contributed by atoms with E-state index in [0.29, 0.717) is 11.4 Å². The molecule has 2 aromatic carbocycles. The molecule has 0 saturated carbocycles. The molecule has 0 unspecified atom stereocenters. The van der Waals surface area contributed by atoms with E-state index in [9.17, 15) is 35.9 Å². The van der Waals surface area contributed by atoms with E-state index in [1.165, 1.54) is 24.3 Å². The molecule has 14 heteroatoms. The summed E-state index contributed by atoms with van der Waals surface area (Å²) in [6.07, 6.45) is -9.52. The normalized spacial score (nSPS) is 14.8. The maximum atomic E-state index is 13.1. The number of nitrogens with zero attached hydrogens (tertiary/aromatic N) is 1. The van der Waals surface area contributed by atoms with Gasteiger partial charge in [0, 0.05) is 31.7 Å². The highest BCUT2D eigenvalue weighted by atomic mass is 19.4. The third-order valence-corrected chi connectivity index (χ3v) is 5.74. The van der Waals surface area contributed by atoms with Crippen LogP contribution >= 0.6 is 0 Å². The van der Waals surface area contributed by atoms with Crippen molar-refractivity contribution in [2.75, 3.05) is 40.9 Å². The Morgan fingerprint density at radius 3 is 2.19 bits per heavy atom. The minimum atomic E-state index is -4.87. The Morgan fingerprint density at radius 2 is 1.65 bits per heavy atom. The van der Waals surface area contributed by atoms with Gasteiger partial charge in [-0.15, -0.1) is 13.2 Å². The average molecular weight is 533 g/mol. The second-order valence-corrected chi connectivity index (χ2v) is 8.43. The molecule has 37 heavy (non-hydrogen) atoms. The summed E-state index contributed by atoms with van der Waals surface area (Å²) in [5, 5.41) is 5.47. The molecule has 0 radical (unpaired) electrons. The fraction of sp³-hybridized carbons (Fsp3) is 0.391. The largest absolute Gasteiger partial charge is 0.573 e. The molecule has 2 amide bonds. The lowest BCUT2D eigenvalue weighted by atomic mass is 9.95. The van der Waals surface area contributed by atoms with Gasteiger partial charge < -0.3 is 31.7 Å². The van der Waals surface area contributed by atoms with E-state index in [1.54, 1.807) is 4.90 Å². The Morgan fingerprint density at radius 1 is 1.03 bits per heavy atom. The molecule has 0 atom stereocenters. The van der Waals surface area contributed by atoms with Gasteiger partial charge in [0.25, 0.3) is 5.91 Å². The summed E-state index contributed by atoms with van der Waals surface area (Å²) in [6.45, 7) is 0.199. The number of piperidine rings is 1. The van der Waals surface area contributed by atoms with Gasteiger partial charge in [-0.3, -0.25) is 9.59 Å². The number of nitrogen functional groups attached to an aromatic ring is 1. The number of hydrogen-bond acceptors (Lipinski definition) is 6. The number of benzene rings is 2. The van der Waals surface area contributed by atoms with Crippen LogP contribution in [0.25, 0.3) is 0 Å². The maximum absolute atomic E-state index is 13.1. The van der Waals surface area contributed by atoms with Crippen LogP contribution in [-0.4, -0.2) is 44.0 Å². The molecule has 1 aliphatic rings. The van der Waals surface area contributed by atoms with Crippen molar-refractivity contribution >= 4 is 34.6 Å². The van der Waals surface area contributed by atoms with E-state index in [1.807, 2.05) is 0 Å². The van der Waals surface area contributed by atoms with Gasteiger partial charge in [0.1, 0.15) is 5.75 Å². The summed E-state index contributed by atoms with van der Waals surface area (Å²) in [6, 6.07) is 7.30. The lowest BCUT2D eigenvalue weighted by Gasteiger charge is -2.35. The first-order valence-corrected chi connectivity index (χ1v) is 11.2. The predicted octanol–water partition coefficient (Wildman–Crippen LogP) is 4.49. The van der Waals surface area contributed by atoms with Crippen molar-refractivity contribution in [2.24, 2.45) is 11.7 Å². The third-order valence-electron chi connectivity index (χ3n) is 5.74. The first-order chi connectivity index (χ1) is 17.2. The van der Waals surface area contributed by atoms with Crippen LogP contribution in [-0.2, 0) is 4.79 Å². The van der Waals surface area contributed by atoms with Gasteiger partial charge in [0.05, 0.1) is 28.5 Å². The Hall–Kier alpha value is -3.84. The minimum absolute atomic E-state index is 0.00202. The summed E-state index contributed by atoms with van der Waals surface area (Å²) in [4.78, 5) is 25.8. The Bertz CT molecular complexity index is 1110. The smallest absolute Gasteiger partial charge is 0.406 e. The zero-order chi connectivity index (χ0) is 27.4. The molecule has 0 spiro atoms. The standard InChI is InChI=1S/C23H25F6N5O3/c24-22(25,26)13-6-9-34(10-7-13)19-12-18(32-8-5-20(31)35)17(30)11-16(19)21(36)33-14-1-3-15(4-2-14)37-23(27,28)29/h1-4,11-13,32H,5-10,30H2,(H2,31,35)(H,33,36).